The zero-order valence-corrected chi connectivity index (χ0v) is 17.2. The maximum Gasteiger partial charge on any atom is 0.202 e. The molecule has 2 atom stereocenters. The average molecular weight is 397 g/mol. The van der Waals surface area contributed by atoms with Crippen molar-refractivity contribution in [1.82, 2.24) is 19.3 Å². The summed E-state index contributed by atoms with van der Waals surface area (Å²) in [4.78, 5) is 5.59. The third kappa shape index (κ3) is 3.72. The second-order valence-electron chi connectivity index (χ2n) is 7.16. The first-order chi connectivity index (χ1) is 13.7. The first-order valence-corrected chi connectivity index (χ1v) is 10.2. The molecule has 2 aromatic heterocycles. The van der Waals surface area contributed by atoms with Gasteiger partial charge in [0.1, 0.15) is 11.8 Å². The van der Waals surface area contributed by atoms with Gasteiger partial charge in [-0.2, -0.15) is 4.68 Å². The molecule has 1 N–H and O–H groups in total. The van der Waals surface area contributed by atoms with E-state index in [0.29, 0.717) is 12.6 Å². The molecule has 3 aromatic rings. The van der Waals surface area contributed by atoms with Gasteiger partial charge in [0.2, 0.25) is 4.77 Å². The van der Waals surface area contributed by atoms with Crippen LogP contribution in [0.4, 0.5) is 0 Å². The molecule has 0 saturated carbocycles. The van der Waals surface area contributed by atoms with Crippen LogP contribution in [0, 0.1) is 4.77 Å². The lowest BCUT2D eigenvalue weighted by Crippen LogP contribution is -3.09. The van der Waals surface area contributed by atoms with Crippen LogP contribution in [-0.4, -0.2) is 32.5 Å². The Balaban J connectivity index is 1.56. The molecule has 146 valence electrons. The molecule has 28 heavy (non-hydrogen) atoms. The fraction of sp³-hybridized carbons (Fsp3) is 0.381. The predicted octanol–water partition coefficient (Wildman–Crippen LogP) is 2.79. The number of nitrogens with one attached hydrogen (secondary N) is 1. The Bertz CT molecular complexity index is 980. The maximum absolute atomic E-state index is 5.67. The smallest absolute Gasteiger partial charge is 0.202 e. The summed E-state index contributed by atoms with van der Waals surface area (Å²) in [6, 6.07) is 12.9. The molecule has 1 fully saturated rings. The fourth-order valence-corrected chi connectivity index (χ4v) is 4.19. The van der Waals surface area contributed by atoms with Gasteiger partial charge < -0.3 is 14.2 Å². The summed E-state index contributed by atoms with van der Waals surface area (Å²) >= 11 is 5.67. The Morgan fingerprint density at radius 2 is 1.93 bits per heavy atom. The third-order valence-electron chi connectivity index (χ3n) is 5.41. The summed E-state index contributed by atoms with van der Waals surface area (Å²) < 4.78 is 10.3. The van der Waals surface area contributed by atoms with Gasteiger partial charge in [-0.25, -0.2) is 0 Å². The molecule has 6 nitrogen and oxygen atoms in total. The monoisotopic (exact) mass is 396 g/mol. The van der Waals surface area contributed by atoms with Gasteiger partial charge in [-0.3, -0.25) is 4.98 Å². The van der Waals surface area contributed by atoms with E-state index < -0.39 is 0 Å². The fourth-order valence-electron chi connectivity index (χ4n) is 4.00. The minimum Gasteiger partial charge on any atom is -0.494 e. The number of ether oxygens (including phenoxy) is 1. The summed E-state index contributed by atoms with van der Waals surface area (Å²) in [5, 5.41) is 4.82. The minimum atomic E-state index is 0.462. The van der Waals surface area contributed by atoms with Crippen molar-refractivity contribution in [2.45, 2.75) is 32.5 Å². The van der Waals surface area contributed by atoms with E-state index in [-0.39, 0.29) is 0 Å². The number of nitrogens with zero attached hydrogens (tertiary/aromatic N) is 4. The van der Waals surface area contributed by atoms with Crippen LogP contribution < -0.4 is 9.64 Å². The first kappa shape index (κ1) is 18.8. The normalized spacial score (nSPS) is 19.1. The number of hydrogen-bond donors (Lipinski definition) is 1. The molecule has 0 bridgehead atoms. The van der Waals surface area contributed by atoms with Crippen molar-refractivity contribution in [3.05, 3.63) is 59.1 Å². The topological polar surface area (TPSA) is 49.3 Å². The van der Waals surface area contributed by atoms with Crippen LogP contribution in [0.1, 0.15) is 31.4 Å². The van der Waals surface area contributed by atoms with E-state index in [0.717, 1.165) is 35.1 Å². The van der Waals surface area contributed by atoms with Crippen LogP contribution in [0.25, 0.3) is 11.4 Å². The van der Waals surface area contributed by atoms with Gasteiger partial charge in [-0.1, -0.05) is 0 Å². The summed E-state index contributed by atoms with van der Waals surface area (Å²) in [6.45, 7) is 4.60. The van der Waals surface area contributed by atoms with Crippen LogP contribution in [0.3, 0.4) is 0 Å². The van der Waals surface area contributed by atoms with Crippen LogP contribution in [-0.2, 0) is 13.7 Å². The van der Waals surface area contributed by atoms with Crippen molar-refractivity contribution in [3.8, 4) is 17.1 Å². The van der Waals surface area contributed by atoms with Crippen LogP contribution in [0.5, 0.6) is 5.75 Å². The molecule has 1 aliphatic rings. The van der Waals surface area contributed by atoms with E-state index in [1.165, 1.54) is 23.3 Å². The van der Waals surface area contributed by atoms with Gasteiger partial charge in [0, 0.05) is 43.4 Å². The highest BCUT2D eigenvalue weighted by Gasteiger charge is 2.31. The van der Waals surface area contributed by atoms with E-state index in [9.17, 15) is 0 Å². The molecule has 1 saturated heterocycles. The number of rotatable bonds is 6. The van der Waals surface area contributed by atoms with Gasteiger partial charge in [0.15, 0.2) is 12.5 Å². The number of quaternary nitrogens is 1. The van der Waals surface area contributed by atoms with Gasteiger partial charge >= 0.3 is 0 Å². The van der Waals surface area contributed by atoms with Crippen LogP contribution in [0.2, 0.25) is 0 Å². The van der Waals surface area contributed by atoms with E-state index >= 15 is 0 Å². The number of hydrogen-bond acceptors (Lipinski definition) is 4. The SMILES string of the molecule is CCOc1ccc([C@H]2CCC[NH+]2Cn2nc(-c3ccncc3)n(C)c2=S)cc1. The highest BCUT2D eigenvalue weighted by molar-refractivity contribution is 7.71. The number of benzene rings is 1. The Kier molecular flexibility index (Phi) is 5.54. The molecule has 0 amide bonds. The molecule has 4 rings (SSSR count). The molecular formula is C21H26N5OS+. The van der Waals surface area contributed by atoms with Crippen molar-refractivity contribution in [2.24, 2.45) is 7.05 Å². The molecule has 7 heteroatoms. The molecule has 1 unspecified atom stereocenters. The van der Waals surface area contributed by atoms with Crippen molar-refractivity contribution in [1.29, 1.82) is 0 Å². The second-order valence-corrected chi connectivity index (χ2v) is 7.53. The summed E-state index contributed by atoms with van der Waals surface area (Å²) in [5.74, 6) is 1.81. The van der Waals surface area contributed by atoms with E-state index in [4.69, 9.17) is 22.1 Å². The highest BCUT2D eigenvalue weighted by atomic mass is 32.1. The van der Waals surface area contributed by atoms with E-state index in [1.54, 1.807) is 12.4 Å². The van der Waals surface area contributed by atoms with Crippen molar-refractivity contribution >= 4 is 12.2 Å². The van der Waals surface area contributed by atoms with E-state index in [1.807, 2.05) is 35.4 Å². The second kappa shape index (κ2) is 8.24. The first-order valence-electron chi connectivity index (χ1n) is 9.79. The van der Waals surface area contributed by atoms with Gasteiger partial charge in [-0.15, -0.1) is 5.10 Å². The third-order valence-corrected chi connectivity index (χ3v) is 5.89. The largest absolute Gasteiger partial charge is 0.494 e. The molecule has 3 heterocycles. The summed E-state index contributed by atoms with van der Waals surface area (Å²) in [5.41, 5.74) is 2.38. The Hall–Kier alpha value is -2.51. The van der Waals surface area contributed by atoms with Gasteiger partial charge in [0.05, 0.1) is 13.2 Å². The number of pyridine rings is 1. The maximum atomic E-state index is 5.67. The van der Waals surface area contributed by atoms with Crippen molar-refractivity contribution < 1.29 is 9.64 Å². The average Bonchev–Trinajstić information content (AvgIpc) is 3.30. The molecule has 1 aliphatic heterocycles. The highest BCUT2D eigenvalue weighted by Crippen LogP contribution is 2.22. The molecule has 0 radical (unpaired) electrons. The Labute approximate surface area is 170 Å². The minimum absolute atomic E-state index is 0.462. The quantitative estimate of drug-likeness (QED) is 0.651. The van der Waals surface area contributed by atoms with Gasteiger partial charge in [0.25, 0.3) is 0 Å². The van der Waals surface area contributed by atoms with Crippen LogP contribution in [0.15, 0.2) is 48.8 Å². The Morgan fingerprint density at radius 1 is 1.18 bits per heavy atom. The molecule has 0 spiro atoms. The van der Waals surface area contributed by atoms with Crippen LogP contribution >= 0.6 is 12.2 Å². The van der Waals surface area contributed by atoms with E-state index in [2.05, 4.69) is 29.2 Å². The molecule has 0 aliphatic carbocycles. The number of likely N-dealkylation sites (tertiary alicyclic amines) is 1. The zero-order chi connectivity index (χ0) is 19.5. The van der Waals surface area contributed by atoms with Gasteiger partial charge in [-0.05, 0) is 55.5 Å². The number of aromatic nitrogens is 4. The lowest BCUT2D eigenvalue weighted by atomic mass is 10.0. The van der Waals surface area contributed by atoms with Crippen molar-refractivity contribution in [2.75, 3.05) is 13.2 Å². The standard InChI is InChI=1S/C21H25N5OS/c1-3-27-18-8-6-16(7-9-18)19-5-4-14-25(19)15-26-21(28)24(2)20(23-26)17-10-12-22-13-11-17/h6-13,19H,3-5,14-15H2,1-2H3/p+1/t19-/m1/s1. The molecule has 1 aromatic carbocycles. The summed E-state index contributed by atoms with van der Waals surface area (Å²) in [6.07, 6.45) is 5.96. The lowest BCUT2D eigenvalue weighted by molar-refractivity contribution is -0.941. The predicted molar refractivity (Wildman–Crippen MR) is 111 cm³/mol. The lowest BCUT2D eigenvalue weighted by Gasteiger charge is -2.21. The van der Waals surface area contributed by atoms with Crippen molar-refractivity contribution in [3.63, 3.8) is 0 Å². The Morgan fingerprint density at radius 3 is 2.64 bits per heavy atom. The summed E-state index contributed by atoms with van der Waals surface area (Å²) in [7, 11) is 1.98. The zero-order valence-electron chi connectivity index (χ0n) is 16.3. The molecular weight excluding hydrogens is 370 g/mol.